The van der Waals surface area contributed by atoms with E-state index in [2.05, 4.69) is 21.4 Å². The fraction of sp³-hybridized carbons (Fsp3) is 0.407. The topological polar surface area (TPSA) is 128 Å². The van der Waals surface area contributed by atoms with Crippen molar-refractivity contribution in [1.29, 1.82) is 5.26 Å². The van der Waals surface area contributed by atoms with Crippen molar-refractivity contribution in [2.24, 2.45) is 0 Å². The number of nitriles is 1. The minimum atomic E-state index is -0.352. The first-order chi connectivity index (χ1) is 18.9. The maximum absolute atomic E-state index is 13.4. The first-order valence-electron chi connectivity index (χ1n) is 12.8. The average molecular weight is 547 g/mol. The van der Waals surface area contributed by atoms with Gasteiger partial charge in [0.25, 0.3) is 0 Å². The molecule has 12 heteroatoms. The monoisotopic (exact) mass is 546 g/mol. The van der Waals surface area contributed by atoms with Crippen molar-refractivity contribution in [3.8, 4) is 11.9 Å². The van der Waals surface area contributed by atoms with Crippen LogP contribution in [0.1, 0.15) is 34.4 Å². The minimum Gasteiger partial charge on any atom is -0.481 e. The number of nitrogens with one attached hydrogen (secondary N) is 1. The maximum atomic E-state index is 13.4. The third kappa shape index (κ3) is 6.00. The first-order valence-corrected chi connectivity index (χ1v) is 13.8. The Morgan fingerprint density at radius 1 is 1.21 bits per heavy atom. The van der Waals surface area contributed by atoms with E-state index in [9.17, 15) is 14.9 Å². The van der Waals surface area contributed by atoms with E-state index in [1.54, 1.807) is 23.6 Å². The summed E-state index contributed by atoms with van der Waals surface area (Å²) in [5.74, 6) is 1.39. The predicted octanol–water partition coefficient (Wildman–Crippen LogP) is 2.86. The van der Waals surface area contributed by atoms with Crippen LogP contribution in [0.25, 0.3) is 0 Å². The molecule has 11 nitrogen and oxygen atoms in total. The second-order valence-electron chi connectivity index (χ2n) is 9.70. The molecule has 1 fully saturated rings. The number of aryl methyl sites for hydroxylation is 3. The first kappa shape index (κ1) is 26.5. The van der Waals surface area contributed by atoms with Crippen molar-refractivity contribution in [1.82, 2.24) is 24.8 Å². The molecule has 202 valence electrons. The lowest BCUT2D eigenvalue weighted by molar-refractivity contribution is -0.136. The number of methoxy groups -OCH3 is 1. The van der Waals surface area contributed by atoms with E-state index in [4.69, 9.17) is 9.72 Å². The number of rotatable bonds is 7. The lowest BCUT2D eigenvalue weighted by atomic mass is 10.0. The van der Waals surface area contributed by atoms with Gasteiger partial charge in [-0.15, -0.1) is 11.3 Å². The van der Waals surface area contributed by atoms with Crippen LogP contribution in [0.3, 0.4) is 0 Å². The fourth-order valence-corrected chi connectivity index (χ4v) is 5.48. The standard InChI is InChI=1S/C27H30N8O3S/c1-33-8-9-34(24(36)15-33)14-20-10-19-4-3-7-35(25(19)32-26(20)38-2)27(37)31-23-11-18(21(12-28)13-29-23)5-6-22-16-39-17-30-22/h10-11,13,16-17H,3-9,14-15H2,1-2H3,(H,29,31,37). The number of piperazine rings is 1. The van der Waals surface area contributed by atoms with Crippen molar-refractivity contribution in [3.05, 3.63) is 57.2 Å². The molecule has 39 heavy (non-hydrogen) atoms. The smallest absolute Gasteiger partial charge is 0.328 e. The van der Waals surface area contributed by atoms with E-state index < -0.39 is 0 Å². The van der Waals surface area contributed by atoms with Gasteiger partial charge in [0.1, 0.15) is 17.7 Å². The molecule has 3 aromatic rings. The van der Waals surface area contributed by atoms with Gasteiger partial charge in [0.2, 0.25) is 11.8 Å². The van der Waals surface area contributed by atoms with Crippen LogP contribution in [0.4, 0.5) is 16.4 Å². The molecular weight excluding hydrogens is 516 g/mol. The Hall–Kier alpha value is -4.08. The number of urea groups is 1. The Morgan fingerprint density at radius 2 is 2.08 bits per heavy atom. The van der Waals surface area contributed by atoms with E-state index in [0.29, 0.717) is 62.1 Å². The number of thiazole rings is 1. The van der Waals surface area contributed by atoms with E-state index in [-0.39, 0.29) is 11.9 Å². The summed E-state index contributed by atoms with van der Waals surface area (Å²) < 4.78 is 5.59. The van der Waals surface area contributed by atoms with Crippen LogP contribution in [0.15, 0.2) is 29.2 Å². The number of fused-ring (bicyclic) bond motifs is 1. The highest BCUT2D eigenvalue weighted by Gasteiger charge is 2.28. The molecule has 0 saturated carbocycles. The number of likely N-dealkylation sites (N-methyl/N-ethyl adjacent to an activating group) is 1. The molecule has 0 radical (unpaired) electrons. The second kappa shape index (κ2) is 11.8. The molecule has 0 unspecified atom stereocenters. The number of aromatic nitrogens is 3. The summed E-state index contributed by atoms with van der Waals surface area (Å²) in [4.78, 5) is 44.6. The van der Waals surface area contributed by atoms with Gasteiger partial charge in [-0.2, -0.15) is 10.2 Å². The van der Waals surface area contributed by atoms with E-state index in [0.717, 1.165) is 41.8 Å². The Balaban J connectivity index is 1.33. The number of pyridine rings is 2. The minimum absolute atomic E-state index is 0.0744. The van der Waals surface area contributed by atoms with Crippen molar-refractivity contribution < 1.29 is 14.3 Å². The van der Waals surface area contributed by atoms with Crippen LogP contribution in [0.5, 0.6) is 5.88 Å². The van der Waals surface area contributed by atoms with Crippen LogP contribution in [0.2, 0.25) is 0 Å². The Bertz CT molecular complexity index is 1400. The van der Waals surface area contributed by atoms with Crippen LogP contribution >= 0.6 is 11.3 Å². The van der Waals surface area contributed by atoms with Crippen molar-refractivity contribution in [3.63, 3.8) is 0 Å². The van der Waals surface area contributed by atoms with E-state index in [1.165, 1.54) is 17.5 Å². The average Bonchev–Trinajstić information content (AvgIpc) is 3.46. The molecule has 1 saturated heterocycles. The number of hydrogen-bond donors (Lipinski definition) is 1. The highest BCUT2D eigenvalue weighted by atomic mass is 32.1. The largest absolute Gasteiger partial charge is 0.481 e. The molecule has 2 aliphatic rings. The van der Waals surface area contributed by atoms with Gasteiger partial charge < -0.3 is 9.64 Å². The molecule has 0 atom stereocenters. The van der Waals surface area contributed by atoms with E-state index in [1.807, 2.05) is 28.3 Å². The highest BCUT2D eigenvalue weighted by molar-refractivity contribution is 7.07. The van der Waals surface area contributed by atoms with Crippen molar-refractivity contribution in [2.45, 2.75) is 32.2 Å². The van der Waals surface area contributed by atoms with Gasteiger partial charge in [0, 0.05) is 36.8 Å². The maximum Gasteiger partial charge on any atom is 0.328 e. The Labute approximate surface area is 231 Å². The lowest BCUT2D eigenvalue weighted by Gasteiger charge is -2.33. The van der Waals surface area contributed by atoms with Gasteiger partial charge in [0.15, 0.2) is 0 Å². The summed E-state index contributed by atoms with van der Waals surface area (Å²) in [6, 6.07) is 5.58. The number of nitrogens with zero attached hydrogens (tertiary/aromatic N) is 7. The second-order valence-corrected chi connectivity index (χ2v) is 10.4. The highest BCUT2D eigenvalue weighted by Crippen LogP contribution is 2.32. The molecule has 3 amide bonds. The van der Waals surface area contributed by atoms with Crippen molar-refractivity contribution in [2.75, 3.05) is 50.6 Å². The molecule has 1 N–H and O–H groups in total. The Morgan fingerprint density at radius 3 is 2.82 bits per heavy atom. The molecule has 5 rings (SSSR count). The fourth-order valence-electron chi connectivity index (χ4n) is 4.89. The third-order valence-electron chi connectivity index (χ3n) is 6.99. The molecular formula is C27H30N8O3S. The number of hydrogen-bond acceptors (Lipinski definition) is 9. The van der Waals surface area contributed by atoms with Crippen LogP contribution in [0, 0.1) is 11.3 Å². The van der Waals surface area contributed by atoms with Gasteiger partial charge in [0.05, 0.1) is 37.0 Å². The molecule has 3 aromatic heterocycles. The summed E-state index contributed by atoms with van der Waals surface area (Å²) in [7, 11) is 3.48. The zero-order chi connectivity index (χ0) is 27.4. The quantitative estimate of drug-likeness (QED) is 0.479. The molecule has 2 aliphatic heterocycles. The summed E-state index contributed by atoms with van der Waals surface area (Å²) in [6.45, 7) is 2.77. The van der Waals surface area contributed by atoms with Gasteiger partial charge in [-0.25, -0.2) is 14.8 Å². The summed E-state index contributed by atoms with van der Waals surface area (Å²) in [5.41, 5.74) is 5.79. The molecule has 5 heterocycles. The van der Waals surface area contributed by atoms with Crippen LogP contribution in [-0.2, 0) is 30.6 Å². The Kier molecular flexibility index (Phi) is 7.99. The van der Waals surface area contributed by atoms with Crippen molar-refractivity contribution >= 4 is 34.9 Å². The van der Waals surface area contributed by atoms with Gasteiger partial charge in [-0.1, -0.05) is 0 Å². The normalized spacial score (nSPS) is 15.6. The van der Waals surface area contributed by atoms with Gasteiger partial charge in [-0.05, 0) is 56.0 Å². The SMILES string of the molecule is COc1nc2c(cc1CN1CCN(C)CC1=O)CCCN2C(=O)Nc1cc(CCc2cscn2)c(C#N)cn1. The molecule has 0 bridgehead atoms. The number of anilines is 2. The summed E-state index contributed by atoms with van der Waals surface area (Å²) in [6.07, 6.45) is 4.35. The zero-order valence-corrected chi connectivity index (χ0v) is 22.8. The number of amides is 3. The van der Waals surface area contributed by atoms with Gasteiger partial charge >= 0.3 is 6.03 Å². The number of carbonyl (C=O) groups is 2. The third-order valence-corrected chi connectivity index (χ3v) is 7.62. The number of carbonyl (C=O) groups excluding carboxylic acids is 2. The summed E-state index contributed by atoms with van der Waals surface area (Å²) >= 11 is 1.53. The lowest BCUT2D eigenvalue weighted by Crippen LogP contribution is -2.48. The molecule has 0 aliphatic carbocycles. The summed E-state index contributed by atoms with van der Waals surface area (Å²) in [5, 5.41) is 14.4. The molecule has 0 aromatic carbocycles. The predicted molar refractivity (Wildman–Crippen MR) is 147 cm³/mol. The van der Waals surface area contributed by atoms with Gasteiger partial charge in [-0.3, -0.25) is 19.9 Å². The number of ether oxygens (including phenoxy) is 1. The molecule has 0 spiro atoms. The van der Waals surface area contributed by atoms with Crippen LogP contribution in [-0.4, -0.2) is 77.0 Å². The van der Waals surface area contributed by atoms with E-state index >= 15 is 0 Å². The zero-order valence-electron chi connectivity index (χ0n) is 22.0. The van der Waals surface area contributed by atoms with Crippen LogP contribution < -0.4 is 15.0 Å².